The number of anilines is 1. The molecular weight excluding hydrogens is 281 g/mol. The molecule has 2 rings (SSSR count). The van der Waals surface area contributed by atoms with Gasteiger partial charge in [-0.1, -0.05) is 55.3 Å². The van der Waals surface area contributed by atoms with E-state index in [-0.39, 0.29) is 5.91 Å². The van der Waals surface area contributed by atoms with E-state index in [1.165, 1.54) is 32.1 Å². The first kappa shape index (κ1) is 14.7. The zero-order chi connectivity index (χ0) is 13.7. The van der Waals surface area contributed by atoms with Gasteiger partial charge >= 0.3 is 0 Å². The van der Waals surface area contributed by atoms with Gasteiger partial charge in [-0.2, -0.15) is 0 Å². The maximum absolute atomic E-state index is 11.9. The van der Waals surface area contributed by atoms with E-state index < -0.39 is 0 Å². The van der Waals surface area contributed by atoms with E-state index in [9.17, 15) is 4.79 Å². The van der Waals surface area contributed by atoms with Gasteiger partial charge in [-0.25, -0.2) is 0 Å². The number of hydrogen-bond acceptors (Lipinski definition) is 1. The molecule has 0 aromatic heterocycles. The number of rotatable bonds is 4. The Kier molecular flexibility index (Phi) is 5.53. The molecule has 0 aliphatic heterocycles. The highest BCUT2D eigenvalue weighted by molar-refractivity contribution is 6.35. The van der Waals surface area contributed by atoms with E-state index in [2.05, 4.69) is 5.32 Å². The average molecular weight is 300 g/mol. The zero-order valence-electron chi connectivity index (χ0n) is 10.9. The molecule has 1 fully saturated rings. The van der Waals surface area contributed by atoms with Crippen molar-refractivity contribution in [1.82, 2.24) is 0 Å². The minimum absolute atomic E-state index is 0.0453. The summed E-state index contributed by atoms with van der Waals surface area (Å²) in [5, 5.41) is 3.93. The Morgan fingerprint density at radius 3 is 2.37 bits per heavy atom. The van der Waals surface area contributed by atoms with Crippen LogP contribution in [0.1, 0.15) is 44.9 Å². The van der Waals surface area contributed by atoms with Crippen LogP contribution in [0.3, 0.4) is 0 Å². The second-order valence-electron chi connectivity index (χ2n) is 5.25. The summed E-state index contributed by atoms with van der Waals surface area (Å²) in [4.78, 5) is 11.9. The molecule has 4 heteroatoms. The topological polar surface area (TPSA) is 29.1 Å². The normalized spacial score (nSPS) is 16.3. The molecule has 19 heavy (non-hydrogen) atoms. The largest absolute Gasteiger partial charge is 0.326 e. The summed E-state index contributed by atoms with van der Waals surface area (Å²) in [7, 11) is 0. The van der Waals surface area contributed by atoms with Gasteiger partial charge in [0.05, 0.1) is 0 Å². The Morgan fingerprint density at radius 1 is 1.11 bits per heavy atom. The van der Waals surface area contributed by atoms with E-state index in [0.717, 1.165) is 12.3 Å². The van der Waals surface area contributed by atoms with Crippen LogP contribution in [0, 0.1) is 5.92 Å². The molecule has 104 valence electrons. The highest BCUT2D eigenvalue weighted by atomic mass is 35.5. The molecule has 0 atom stereocenters. The molecule has 0 heterocycles. The van der Waals surface area contributed by atoms with Crippen molar-refractivity contribution in [3.05, 3.63) is 28.2 Å². The quantitative estimate of drug-likeness (QED) is 0.804. The highest BCUT2D eigenvalue weighted by Gasteiger charge is 2.14. The predicted molar refractivity (Wildman–Crippen MR) is 80.9 cm³/mol. The SMILES string of the molecule is O=C(CCC1CCCCC1)Nc1cc(Cl)cc(Cl)c1. The number of carbonyl (C=O) groups is 1. The van der Waals surface area contributed by atoms with Crippen LogP contribution in [0.15, 0.2) is 18.2 Å². The molecule has 0 bridgehead atoms. The highest BCUT2D eigenvalue weighted by Crippen LogP contribution is 2.27. The van der Waals surface area contributed by atoms with Crippen LogP contribution < -0.4 is 5.32 Å². The van der Waals surface area contributed by atoms with E-state index in [1.807, 2.05) is 0 Å². The van der Waals surface area contributed by atoms with Crippen molar-refractivity contribution < 1.29 is 4.79 Å². The van der Waals surface area contributed by atoms with Gasteiger partial charge in [-0.15, -0.1) is 0 Å². The molecule has 0 spiro atoms. The van der Waals surface area contributed by atoms with Gasteiger partial charge in [0.15, 0.2) is 0 Å². The summed E-state index contributed by atoms with van der Waals surface area (Å²) in [5.74, 6) is 0.770. The number of hydrogen-bond donors (Lipinski definition) is 1. The van der Waals surface area contributed by atoms with Gasteiger partial charge in [0, 0.05) is 22.2 Å². The number of halogens is 2. The number of carbonyl (C=O) groups excluding carboxylic acids is 1. The fourth-order valence-electron chi connectivity index (χ4n) is 2.66. The average Bonchev–Trinajstić information content (AvgIpc) is 2.36. The minimum Gasteiger partial charge on any atom is -0.326 e. The summed E-state index contributed by atoms with van der Waals surface area (Å²) in [5.41, 5.74) is 0.672. The third-order valence-electron chi connectivity index (χ3n) is 3.65. The molecule has 1 aliphatic carbocycles. The lowest BCUT2D eigenvalue weighted by Gasteiger charge is -2.21. The van der Waals surface area contributed by atoms with Crippen molar-refractivity contribution in [2.75, 3.05) is 5.32 Å². The lowest BCUT2D eigenvalue weighted by Crippen LogP contribution is -2.14. The first-order valence-electron chi connectivity index (χ1n) is 6.89. The van der Waals surface area contributed by atoms with Crippen molar-refractivity contribution in [3.8, 4) is 0 Å². The number of benzene rings is 1. The second-order valence-corrected chi connectivity index (χ2v) is 6.12. The Bertz CT molecular complexity index is 422. The molecule has 1 aromatic carbocycles. The predicted octanol–water partition coefficient (Wildman–Crippen LogP) is 5.29. The maximum atomic E-state index is 11.9. The number of nitrogens with one attached hydrogen (secondary N) is 1. The summed E-state index contributed by atoms with van der Waals surface area (Å²) in [6.45, 7) is 0. The van der Waals surface area contributed by atoms with Crippen LogP contribution in [0.2, 0.25) is 10.0 Å². The fourth-order valence-corrected chi connectivity index (χ4v) is 3.19. The van der Waals surface area contributed by atoms with Crippen molar-refractivity contribution >= 4 is 34.8 Å². The Morgan fingerprint density at radius 2 is 1.74 bits per heavy atom. The zero-order valence-corrected chi connectivity index (χ0v) is 12.4. The van der Waals surface area contributed by atoms with E-state index >= 15 is 0 Å². The van der Waals surface area contributed by atoms with Crippen LogP contribution in [-0.4, -0.2) is 5.91 Å². The van der Waals surface area contributed by atoms with Gasteiger partial charge in [0.25, 0.3) is 0 Å². The lowest BCUT2D eigenvalue weighted by atomic mass is 9.86. The first-order valence-corrected chi connectivity index (χ1v) is 7.65. The Hall–Kier alpha value is -0.730. The molecule has 1 aromatic rings. The van der Waals surface area contributed by atoms with Crippen LogP contribution in [0.4, 0.5) is 5.69 Å². The fraction of sp³-hybridized carbons (Fsp3) is 0.533. The van der Waals surface area contributed by atoms with Crippen LogP contribution in [0.5, 0.6) is 0 Å². The first-order chi connectivity index (χ1) is 9.13. The summed E-state index contributed by atoms with van der Waals surface area (Å²) in [6.07, 6.45) is 8.09. The van der Waals surface area contributed by atoms with Gasteiger partial charge in [-0.3, -0.25) is 4.79 Å². The Labute approximate surface area is 124 Å². The third kappa shape index (κ3) is 5.04. The van der Waals surface area contributed by atoms with Crippen LogP contribution in [-0.2, 0) is 4.79 Å². The van der Waals surface area contributed by atoms with E-state index in [4.69, 9.17) is 23.2 Å². The maximum Gasteiger partial charge on any atom is 0.224 e. The monoisotopic (exact) mass is 299 g/mol. The number of amides is 1. The second kappa shape index (κ2) is 7.16. The molecule has 1 N–H and O–H groups in total. The molecular formula is C15H19Cl2NO. The van der Waals surface area contributed by atoms with Gasteiger partial charge < -0.3 is 5.32 Å². The summed E-state index contributed by atoms with van der Waals surface area (Å²) < 4.78 is 0. The lowest BCUT2D eigenvalue weighted by molar-refractivity contribution is -0.116. The molecule has 0 saturated heterocycles. The van der Waals surface area contributed by atoms with Crippen molar-refractivity contribution in [2.45, 2.75) is 44.9 Å². The van der Waals surface area contributed by atoms with Gasteiger partial charge in [-0.05, 0) is 30.5 Å². The van der Waals surface area contributed by atoms with Crippen molar-refractivity contribution in [1.29, 1.82) is 0 Å². The molecule has 1 aliphatic rings. The summed E-state index contributed by atoms with van der Waals surface area (Å²) in [6, 6.07) is 5.08. The third-order valence-corrected chi connectivity index (χ3v) is 4.09. The van der Waals surface area contributed by atoms with Gasteiger partial charge in [0.1, 0.15) is 0 Å². The van der Waals surface area contributed by atoms with Crippen LogP contribution in [0.25, 0.3) is 0 Å². The molecule has 1 saturated carbocycles. The minimum atomic E-state index is 0.0453. The molecule has 1 amide bonds. The van der Waals surface area contributed by atoms with E-state index in [0.29, 0.717) is 22.2 Å². The van der Waals surface area contributed by atoms with Crippen molar-refractivity contribution in [3.63, 3.8) is 0 Å². The van der Waals surface area contributed by atoms with E-state index in [1.54, 1.807) is 18.2 Å². The molecule has 0 unspecified atom stereocenters. The molecule has 2 nitrogen and oxygen atoms in total. The summed E-state index contributed by atoms with van der Waals surface area (Å²) >= 11 is 11.8. The standard InChI is InChI=1S/C15H19Cl2NO/c16-12-8-13(17)10-14(9-12)18-15(19)7-6-11-4-2-1-3-5-11/h8-11H,1-7H2,(H,18,19). The Balaban J connectivity index is 1.80. The van der Waals surface area contributed by atoms with Gasteiger partial charge in [0.2, 0.25) is 5.91 Å². The smallest absolute Gasteiger partial charge is 0.224 e. The van der Waals surface area contributed by atoms with Crippen LogP contribution >= 0.6 is 23.2 Å². The molecule has 0 radical (unpaired) electrons. The van der Waals surface area contributed by atoms with Crippen molar-refractivity contribution in [2.24, 2.45) is 5.92 Å².